The lowest BCUT2D eigenvalue weighted by Gasteiger charge is -2.10. The van der Waals surface area contributed by atoms with E-state index in [4.69, 9.17) is 23.2 Å². The predicted molar refractivity (Wildman–Crippen MR) is 106 cm³/mol. The van der Waals surface area contributed by atoms with Gasteiger partial charge in [0.2, 0.25) is 5.91 Å². The van der Waals surface area contributed by atoms with Crippen LogP contribution in [-0.4, -0.2) is 25.5 Å². The minimum atomic E-state index is -0.179. The van der Waals surface area contributed by atoms with Crippen LogP contribution in [0.25, 0.3) is 0 Å². The third-order valence-electron chi connectivity index (χ3n) is 3.92. The van der Waals surface area contributed by atoms with Gasteiger partial charge >= 0.3 is 0 Å². The largest absolute Gasteiger partial charge is 0.321 e. The van der Waals surface area contributed by atoms with E-state index in [0.29, 0.717) is 22.3 Å². The average Bonchev–Trinajstić information content (AvgIpc) is 3.09. The fraction of sp³-hybridized carbons (Fsp3) is 0.235. The Hall–Kier alpha value is -1.83. The number of anilines is 1. The molecule has 0 bridgehead atoms. The number of amides is 1. The number of hydrogen-bond acceptors (Lipinski definition) is 3. The van der Waals surface area contributed by atoms with Crippen LogP contribution in [-0.2, 0) is 17.9 Å². The molecule has 3 rings (SSSR count). The first kappa shape index (κ1) is 18.9. The van der Waals surface area contributed by atoms with Crippen molar-refractivity contribution in [3.8, 4) is 0 Å². The summed E-state index contributed by atoms with van der Waals surface area (Å²) in [5.74, 6) is -0.179. The van der Waals surface area contributed by atoms with Crippen LogP contribution >= 0.6 is 39.1 Å². The lowest BCUT2D eigenvalue weighted by atomic mass is 10.2. The molecule has 2 heterocycles. The van der Waals surface area contributed by atoms with Gasteiger partial charge in [0, 0.05) is 21.8 Å². The molecule has 2 aromatic heterocycles. The highest BCUT2D eigenvalue weighted by atomic mass is 79.9. The van der Waals surface area contributed by atoms with Crippen LogP contribution in [0.15, 0.2) is 35.1 Å². The summed E-state index contributed by atoms with van der Waals surface area (Å²) in [6.45, 7) is 4.28. The zero-order valence-electron chi connectivity index (χ0n) is 14.1. The Morgan fingerprint density at radius 2 is 1.96 bits per heavy atom. The highest BCUT2D eigenvalue weighted by Crippen LogP contribution is 2.27. The predicted octanol–water partition coefficient (Wildman–Crippen LogP) is 4.45. The number of carbonyl (C=O) groups is 1. The number of aryl methyl sites for hydroxylation is 1. The van der Waals surface area contributed by atoms with Gasteiger partial charge in [-0.25, -0.2) is 0 Å². The molecule has 3 aromatic rings. The molecule has 0 aliphatic rings. The maximum atomic E-state index is 12.3. The van der Waals surface area contributed by atoms with Gasteiger partial charge < -0.3 is 5.32 Å². The lowest BCUT2D eigenvalue weighted by Crippen LogP contribution is -2.19. The van der Waals surface area contributed by atoms with Crippen molar-refractivity contribution in [2.75, 3.05) is 5.32 Å². The fourth-order valence-corrected chi connectivity index (χ4v) is 3.46. The number of hydrogen-bond donors (Lipinski definition) is 1. The molecule has 0 saturated heterocycles. The summed E-state index contributed by atoms with van der Waals surface area (Å²) in [6.07, 6.45) is 3.37. The summed E-state index contributed by atoms with van der Waals surface area (Å²) < 4.78 is 4.16. The summed E-state index contributed by atoms with van der Waals surface area (Å²) in [7, 11) is 0. The Morgan fingerprint density at radius 1 is 1.27 bits per heavy atom. The van der Waals surface area contributed by atoms with Crippen molar-refractivity contribution >= 4 is 50.7 Å². The molecule has 1 amide bonds. The van der Waals surface area contributed by atoms with E-state index in [2.05, 4.69) is 31.4 Å². The minimum Gasteiger partial charge on any atom is -0.321 e. The monoisotopic (exact) mass is 455 g/mol. The van der Waals surface area contributed by atoms with E-state index in [1.54, 1.807) is 40.0 Å². The Labute approximate surface area is 169 Å². The third-order valence-corrected chi connectivity index (χ3v) is 5.04. The number of carbonyl (C=O) groups excluding carboxylic acids is 1. The molecule has 0 aliphatic carbocycles. The lowest BCUT2D eigenvalue weighted by molar-refractivity contribution is -0.116. The number of halogens is 3. The molecule has 0 aliphatic heterocycles. The van der Waals surface area contributed by atoms with E-state index >= 15 is 0 Å². The smallest absolute Gasteiger partial charge is 0.246 e. The molecule has 26 heavy (non-hydrogen) atoms. The second kappa shape index (κ2) is 7.82. The molecule has 1 N–H and O–H groups in total. The van der Waals surface area contributed by atoms with Gasteiger partial charge in [0.1, 0.15) is 6.54 Å². The van der Waals surface area contributed by atoms with Crippen molar-refractivity contribution in [3.63, 3.8) is 0 Å². The van der Waals surface area contributed by atoms with E-state index in [-0.39, 0.29) is 12.5 Å². The van der Waals surface area contributed by atoms with Gasteiger partial charge in [0.15, 0.2) is 0 Å². The van der Waals surface area contributed by atoms with Crippen LogP contribution in [0.1, 0.15) is 17.0 Å². The summed E-state index contributed by atoms with van der Waals surface area (Å²) in [5, 5.41) is 12.7. The average molecular weight is 457 g/mol. The SMILES string of the molecule is Cc1nn(Cc2c(Cl)cccc2Cl)c(C)c1NC(=O)Cn1cc(Br)cn1. The quantitative estimate of drug-likeness (QED) is 0.616. The van der Waals surface area contributed by atoms with Crippen LogP contribution in [0.5, 0.6) is 0 Å². The minimum absolute atomic E-state index is 0.117. The Morgan fingerprint density at radius 3 is 2.58 bits per heavy atom. The Balaban J connectivity index is 1.78. The number of nitrogens with zero attached hydrogens (tertiary/aromatic N) is 4. The normalized spacial score (nSPS) is 11.0. The molecule has 0 fully saturated rings. The van der Waals surface area contributed by atoms with Crippen molar-refractivity contribution in [1.82, 2.24) is 19.6 Å². The maximum absolute atomic E-state index is 12.3. The molecule has 6 nitrogen and oxygen atoms in total. The zero-order valence-corrected chi connectivity index (χ0v) is 17.2. The first-order chi connectivity index (χ1) is 12.3. The summed E-state index contributed by atoms with van der Waals surface area (Å²) in [5.41, 5.74) is 3.03. The maximum Gasteiger partial charge on any atom is 0.246 e. The third kappa shape index (κ3) is 4.11. The molecule has 1 aromatic carbocycles. The molecule has 0 atom stereocenters. The van der Waals surface area contributed by atoms with Crippen molar-refractivity contribution in [3.05, 3.63) is 62.1 Å². The first-order valence-corrected chi connectivity index (χ1v) is 9.34. The van der Waals surface area contributed by atoms with Crippen LogP contribution in [0, 0.1) is 13.8 Å². The molecule has 0 saturated carbocycles. The van der Waals surface area contributed by atoms with Crippen molar-refractivity contribution in [2.24, 2.45) is 0 Å². The first-order valence-electron chi connectivity index (χ1n) is 7.80. The highest BCUT2D eigenvalue weighted by Gasteiger charge is 2.16. The van der Waals surface area contributed by atoms with Gasteiger partial charge in [-0.1, -0.05) is 29.3 Å². The van der Waals surface area contributed by atoms with Crippen LogP contribution < -0.4 is 5.32 Å². The van der Waals surface area contributed by atoms with E-state index in [0.717, 1.165) is 21.4 Å². The Bertz CT molecular complexity index is 946. The molecule has 0 radical (unpaired) electrons. The van der Waals surface area contributed by atoms with Crippen LogP contribution in [0.3, 0.4) is 0 Å². The van der Waals surface area contributed by atoms with E-state index < -0.39 is 0 Å². The van der Waals surface area contributed by atoms with Crippen LogP contribution in [0.4, 0.5) is 5.69 Å². The molecule has 9 heteroatoms. The number of benzene rings is 1. The van der Waals surface area contributed by atoms with Crippen molar-refractivity contribution in [1.29, 1.82) is 0 Å². The standard InChI is InChI=1S/C17H16BrCl2N5O/c1-10-17(22-16(26)9-24-7-12(18)6-21-24)11(2)25(23-10)8-13-14(19)4-3-5-15(13)20/h3-7H,8-9H2,1-2H3,(H,22,26). The highest BCUT2D eigenvalue weighted by molar-refractivity contribution is 9.10. The molecule has 136 valence electrons. The van der Waals surface area contributed by atoms with Gasteiger partial charge in [-0.05, 0) is 41.9 Å². The van der Waals surface area contributed by atoms with Crippen molar-refractivity contribution in [2.45, 2.75) is 26.9 Å². The zero-order chi connectivity index (χ0) is 18.8. The summed E-state index contributed by atoms with van der Waals surface area (Å²) in [4.78, 5) is 12.3. The van der Waals surface area contributed by atoms with E-state index in [1.807, 2.05) is 13.8 Å². The fourth-order valence-electron chi connectivity index (χ4n) is 2.62. The van der Waals surface area contributed by atoms with Crippen molar-refractivity contribution < 1.29 is 4.79 Å². The summed E-state index contributed by atoms with van der Waals surface area (Å²) in [6, 6.07) is 5.38. The van der Waals surface area contributed by atoms with Gasteiger partial charge in [0.25, 0.3) is 0 Å². The van der Waals surface area contributed by atoms with Gasteiger partial charge in [-0.15, -0.1) is 0 Å². The molecule has 0 unspecified atom stereocenters. The molecular formula is C17H16BrCl2N5O. The van der Waals surface area contributed by atoms with E-state index in [1.165, 1.54) is 0 Å². The molecule has 0 spiro atoms. The second-order valence-corrected chi connectivity index (χ2v) is 7.54. The van der Waals surface area contributed by atoms with Gasteiger partial charge in [-0.3, -0.25) is 14.2 Å². The summed E-state index contributed by atoms with van der Waals surface area (Å²) >= 11 is 15.8. The number of rotatable bonds is 5. The van der Waals surface area contributed by atoms with Crippen LogP contribution in [0.2, 0.25) is 10.0 Å². The number of aromatic nitrogens is 4. The number of nitrogens with one attached hydrogen (secondary N) is 1. The van der Waals surface area contributed by atoms with E-state index in [9.17, 15) is 4.79 Å². The van der Waals surface area contributed by atoms with Gasteiger partial charge in [0.05, 0.1) is 34.3 Å². The molecular weight excluding hydrogens is 441 g/mol. The van der Waals surface area contributed by atoms with Gasteiger partial charge in [-0.2, -0.15) is 10.2 Å². The Kier molecular flexibility index (Phi) is 5.70. The topological polar surface area (TPSA) is 64.7 Å². The second-order valence-electron chi connectivity index (χ2n) is 5.81.